The van der Waals surface area contributed by atoms with Gasteiger partial charge < -0.3 is 10.2 Å². The summed E-state index contributed by atoms with van der Waals surface area (Å²) in [5.74, 6) is -2.19. The number of hydrogen-bond acceptors (Lipinski definition) is 2. The van der Waals surface area contributed by atoms with Crippen molar-refractivity contribution in [2.75, 3.05) is 13.3 Å². The Labute approximate surface area is 93.3 Å². The Kier molecular flexibility index (Phi) is 6.88. The van der Waals surface area contributed by atoms with Gasteiger partial charge in [-0.2, -0.15) is 0 Å². The molecule has 0 aromatic carbocycles. The average molecular weight is 240 g/mol. The summed E-state index contributed by atoms with van der Waals surface area (Å²) >= 11 is 0. The molecule has 0 aromatic heterocycles. The van der Waals surface area contributed by atoms with Gasteiger partial charge >= 0.3 is 11.9 Å². The Bertz CT molecular complexity index is 223. The third-order valence-corrected chi connectivity index (χ3v) is 1.83. The minimum Gasteiger partial charge on any atom is -0.481 e. The zero-order valence-corrected chi connectivity index (χ0v) is 9.88. The molecule has 0 aliphatic rings. The predicted molar refractivity (Wildman–Crippen MR) is 54.8 cm³/mol. The maximum Gasteiger partial charge on any atom is 0.311 e. The fourth-order valence-corrected chi connectivity index (χ4v) is 0.114. The predicted octanol–water partition coefficient (Wildman–Crippen LogP) is 2.13. The first-order valence-corrected chi connectivity index (χ1v) is 4.60. The molecular weight excluding hydrogens is 222 g/mol. The average Bonchev–Trinajstić information content (AvgIpc) is 2.18. The molecule has 0 aliphatic heterocycles. The summed E-state index contributed by atoms with van der Waals surface area (Å²) in [6, 6.07) is 0. The lowest BCUT2D eigenvalue weighted by molar-refractivity contribution is -0.148. The van der Waals surface area contributed by atoms with E-state index in [1.807, 2.05) is 0 Å². The van der Waals surface area contributed by atoms with Crippen LogP contribution in [0, 0.1) is 10.8 Å². The number of carboxylic acids is 2. The summed E-state index contributed by atoms with van der Waals surface area (Å²) < 4.78 is 23.3. The molecule has 6 heteroatoms. The molecule has 0 unspecified atom stereocenters. The summed E-state index contributed by atoms with van der Waals surface area (Å²) in [5, 5.41) is 16.4. The zero-order valence-electron chi connectivity index (χ0n) is 9.88. The number of carbonyl (C=O) groups is 2. The van der Waals surface area contributed by atoms with Crippen molar-refractivity contribution in [3.05, 3.63) is 0 Å². The van der Waals surface area contributed by atoms with Crippen LogP contribution in [0.1, 0.15) is 27.7 Å². The van der Waals surface area contributed by atoms with Gasteiger partial charge in [0.05, 0.1) is 10.8 Å². The quantitative estimate of drug-likeness (QED) is 0.738. The molecule has 0 saturated carbocycles. The maximum absolute atomic E-state index is 11.6. The third kappa shape index (κ3) is 6.31. The largest absolute Gasteiger partial charge is 0.481 e. The van der Waals surface area contributed by atoms with Gasteiger partial charge in [-0.15, -0.1) is 0 Å². The Morgan fingerprint density at radius 1 is 0.875 bits per heavy atom. The Morgan fingerprint density at radius 3 is 1.06 bits per heavy atom. The van der Waals surface area contributed by atoms with Crippen molar-refractivity contribution in [1.29, 1.82) is 0 Å². The molecule has 0 bridgehead atoms. The summed E-state index contributed by atoms with van der Waals surface area (Å²) in [4.78, 5) is 20.0. The van der Waals surface area contributed by atoms with Crippen LogP contribution in [0.2, 0.25) is 0 Å². The van der Waals surface area contributed by atoms with E-state index >= 15 is 0 Å². The molecule has 2 N–H and O–H groups in total. The van der Waals surface area contributed by atoms with Crippen molar-refractivity contribution in [3.63, 3.8) is 0 Å². The minimum atomic E-state index is -1.21. The molecule has 0 radical (unpaired) electrons. The summed E-state index contributed by atoms with van der Waals surface area (Å²) in [5.41, 5.74) is -2.42. The number of aliphatic carboxylic acids is 2. The lowest BCUT2D eigenvalue weighted by Crippen LogP contribution is -2.25. The lowest BCUT2D eigenvalue weighted by Gasteiger charge is -2.11. The number of halogens is 2. The summed E-state index contributed by atoms with van der Waals surface area (Å²) in [6.07, 6.45) is 0. The molecule has 0 fully saturated rings. The number of carboxylic acid groups (broad SMARTS) is 2. The van der Waals surface area contributed by atoms with Crippen molar-refractivity contribution in [2.45, 2.75) is 27.7 Å². The molecule has 16 heavy (non-hydrogen) atoms. The molecule has 0 aromatic rings. The van der Waals surface area contributed by atoms with E-state index in [-0.39, 0.29) is 0 Å². The first-order valence-electron chi connectivity index (χ1n) is 4.60. The van der Waals surface area contributed by atoms with E-state index in [4.69, 9.17) is 10.2 Å². The molecule has 0 atom stereocenters. The van der Waals surface area contributed by atoms with Gasteiger partial charge in [0.1, 0.15) is 13.3 Å². The van der Waals surface area contributed by atoms with Gasteiger partial charge in [0.25, 0.3) is 0 Å². The first kappa shape index (κ1) is 17.2. The molecule has 0 amide bonds. The van der Waals surface area contributed by atoms with Crippen molar-refractivity contribution in [1.82, 2.24) is 0 Å². The van der Waals surface area contributed by atoms with Gasteiger partial charge in [0.15, 0.2) is 0 Å². The van der Waals surface area contributed by atoms with Crippen LogP contribution in [0.15, 0.2) is 0 Å². The van der Waals surface area contributed by atoms with Gasteiger partial charge in [-0.3, -0.25) is 9.59 Å². The van der Waals surface area contributed by atoms with E-state index in [0.29, 0.717) is 0 Å². The Balaban J connectivity index is 0. The fraction of sp³-hybridized carbons (Fsp3) is 0.800. The normalized spacial score (nSPS) is 11.4. The molecule has 4 nitrogen and oxygen atoms in total. The van der Waals surface area contributed by atoms with E-state index in [0.717, 1.165) is 0 Å². The zero-order chi connectivity index (χ0) is 13.6. The highest BCUT2D eigenvalue weighted by atomic mass is 19.1. The van der Waals surface area contributed by atoms with Crippen LogP contribution < -0.4 is 0 Å². The third-order valence-electron chi connectivity index (χ3n) is 1.83. The van der Waals surface area contributed by atoms with Gasteiger partial charge in [-0.05, 0) is 27.7 Å². The van der Waals surface area contributed by atoms with Crippen molar-refractivity contribution in [2.24, 2.45) is 10.8 Å². The molecule has 0 spiro atoms. The topological polar surface area (TPSA) is 74.6 Å². The van der Waals surface area contributed by atoms with Crippen LogP contribution >= 0.6 is 0 Å². The molecule has 0 aliphatic carbocycles. The highest BCUT2D eigenvalue weighted by molar-refractivity contribution is 5.74. The van der Waals surface area contributed by atoms with Crippen molar-refractivity contribution >= 4 is 11.9 Å². The van der Waals surface area contributed by atoms with Crippen LogP contribution in [0.25, 0.3) is 0 Å². The van der Waals surface area contributed by atoms with E-state index in [2.05, 4.69) is 0 Å². The number of rotatable bonds is 4. The Morgan fingerprint density at radius 2 is 1.06 bits per heavy atom. The minimum absolute atomic E-state index is 0.817. The Hall–Kier alpha value is -1.20. The van der Waals surface area contributed by atoms with E-state index in [1.165, 1.54) is 27.7 Å². The molecule has 96 valence electrons. The van der Waals surface area contributed by atoms with Crippen LogP contribution in [0.4, 0.5) is 8.78 Å². The van der Waals surface area contributed by atoms with Gasteiger partial charge in [0, 0.05) is 0 Å². The van der Waals surface area contributed by atoms with Gasteiger partial charge in [0.2, 0.25) is 0 Å². The molecule has 0 rings (SSSR count). The fourth-order valence-electron chi connectivity index (χ4n) is 0.114. The van der Waals surface area contributed by atoms with E-state index in [9.17, 15) is 18.4 Å². The SMILES string of the molecule is CC(C)(CF)[13C](=O)O.CC(C)(C[18F])C(=O)O. The van der Waals surface area contributed by atoms with Crippen molar-refractivity contribution < 1.29 is 28.6 Å². The van der Waals surface area contributed by atoms with Gasteiger partial charge in [-0.25, -0.2) is 8.78 Å². The smallest absolute Gasteiger partial charge is 0.311 e. The second kappa shape index (κ2) is 6.40. The van der Waals surface area contributed by atoms with Crippen LogP contribution in [0.5, 0.6) is 0 Å². The van der Waals surface area contributed by atoms with Crippen LogP contribution in [0.3, 0.4) is 0 Å². The number of hydrogen-bond donors (Lipinski definition) is 2. The van der Waals surface area contributed by atoms with Gasteiger partial charge in [-0.1, -0.05) is 0 Å². The molecule has 0 saturated heterocycles. The lowest BCUT2D eigenvalue weighted by atomic mass is 9.96. The second-order valence-electron chi connectivity index (χ2n) is 4.65. The number of alkyl halides is 2. The van der Waals surface area contributed by atoms with Crippen molar-refractivity contribution in [3.8, 4) is 0 Å². The van der Waals surface area contributed by atoms with Crippen LogP contribution in [-0.4, -0.2) is 35.5 Å². The van der Waals surface area contributed by atoms with E-state index in [1.54, 1.807) is 0 Å². The summed E-state index contributed by atoms with van der Waals surface area (Å²) in [7, 11) is 0. The second-order valence-corrected chi connectivity index (χ2v) is 4.65. The summed E-state index contributed by atoms with van der Waals surface area (Å²) in [6.45, 7) is 3.74. The first-order chi connectivity index (χ1) is 7.01. The monoisotopic (exact) mass is 240 g/mol. The highest BCUT2D eigenvalue weighted by Gasteiger charge is 2.26. The maximum atomic E-state index is 11.6. The van der Waals surface area contributed by atoms with E-state index < -0.39 is 36.1 Å². The highest BCUT2D eigenvalue weighted by Crippen LogP contribution is 2.14. The molecule has 0 heterocycles. The standard InChI is InChI=1S/2C5H9FO2/c2*1-5(2,3-6)4(7)8/h2*3H2,1-2H3,(H,7,8)/i6-1;4+1. The van der Waals surface area contributed by atoms with Crippen LogP contribution in [-0.2, 0) is 9.59 Å². The molecular formula is C10H18F2O4.